The van der Waals surface area contributed by atoms with Gasteiger partial charge in [-0.25, -0.2) is 4.99 Å². The van der Waals surface area contributed by atoms with E-state index in [9.17, 15) is 0 Å². The van der Waals surface area contributed by atoms with Crippen molar-refractivity contribution in [3.8, 4) is 11.5 Å². The third kappa shape index (κ3) is 5.05. The number of guanidine groups is 1. The molecule has 0 fully saturated rings. The molecule has 0 amide bonds. The first kappa shape index (κ1) is 19.4. The molecule has 0 aliphatic heterocycles. The summed E-state index contributed by atoms with van der Waals surface area (Å²) in [5.41, 5.74) is 10.6. The van der Waals surface area contributed by atoms with Gasteiger partial charge < -0.3 is 25.4 Å². The lowest BCUT2D eigenvalue weighted by Crippen LogP contribution is -2.31. The summed E-state index contributed by atoms with van der Waals surface area (Å²) in [5.74, 6) is 1.79. The van der Waals surface area contributed by atoms with Gasteiger partial charge in [-0.1, -0.05) is 18.2 Å². The summed E-state index contributed by atoms with van der Waals surface area (Å²) >= 11 is 0. The number of nitrogens with one attached hydrogen (secondary N) is 1. The van der Waals surface area contributed by atoms with Crippen LogP contribution in [0.25, 0.3) is 0 Å². The quantitative estimate of drug-likeness (QED) is 0.589. The molecule has 0 saturated carbocycles. The average molecular weight is 356 g/mol. The van der Waals surface area contributed by atoms with E-state index in [2.05, 4.69) is 40.3 Å². The van der Waals surface area contributed by atoms with Gasteiger partial charge in [0.25, 0.3) is 0 Å². The first-order chi connectivity index (χ1) is 12.4. The molecule has 0 unspecified atom stereocenters. The zero-order valence-electron chi connectivity index (χ0n) is 16.2. The first-order valence-corrected chi connectivity index (χ1v) is 8.46. The highest BCUT2D eigenvalue weighted by atomic mass is 16.5. The summed E-state index contributed by atoms with van der Waals surface area (Å²) in [4.78, 5) is 6.50. The molecular weight excluding hydrogens is 328 g/mol. The standard InChI is InChI=1S/C20H28N4O2/c1-14-6-8-16(17(10-14)24(2)3)13-23-20(21)22-12-15-7-9-18(25-4)19(11-15)26-5/h6-11H,12-13H2,1-5H3,(H3,21,22,23). The molecule has 0 aliphatic carbocycles. The Labute approximate surface area is 155 Å². The Kier molecular flexibility index (Phi) is 6.72. The summed E-state index contributed by atoms with van der Waals surface area (Å²) < 4.78 is 10.6. The van der Waals surface area contributed by atoms with Crippen molar-refractivity contribution in [2.24, 2.45) is 10.7 Å². The van der Waals surface area contributed by atoms with Gasteiger partial charge >= 0.3 is 0 Å². The topological polar surface area (TPSA) is 72.1 Å². The largest absolute Gasteiger partial charge is 0.493 e. The lowest BCUT2D eigenvalue weighted by atomic mass is 10.1. The highest BCUT2D eigenvalue weighted by molar-refractivity contribution is 5.78. The summed E-state index contributed by atoms with van der Waals surface area (Å²) in [7, 11) is 7.30. The zero-order chi connectivity index (χ0) is 19.1. The molecule has 2 aromatic carbocycles. The smallest absolute Gasteiger partial charge is 0.189 e. The average Bonchev–Trinajstić information content (AvgIpc) is 2.64. The van der Waals surface area contributed by atoms with Gasteiger partial charge in [0.15, 0.2) is 17.5 Å². The second-order valence-corrected chi connectivity index (χ2v) is 6.27. The number of methoxy groups -OCH3 is 2. The molecule has 2 aromatic rings. The second kappa shape index (κ2) is 8.99. The van der Waals surface area contributed by atoms with E-state index in [0.29, 0.717) is 30.5 Å². The van der Waals surface area contributed by atoms with E-state index in [1.165, 1.54) is 16.8 Å². The fourth-order valence-corrected chi connectivity index (χ4v) is 2.64. The van der Waals surface area contributed by atoms with Crippen LogP contribution in [-0.2, 0) is 13.1 Å². The summed E-state index contributed by atoms with van der Waals surface area (Å²) in [6.07, 6.45) is 0. The molecule has 140 valence electrons. The van der Waals surface area contributed by atoms with Crippen LogP contribution in [0.5, 0.6) is 11.5 Å². The van der Waals surface area contributed by atoms with E-state index < -0.39 is 0 Å². The maximum absolute atomic E-state index is 6.02. The third-order valence-corrected chi connectivity index (χ3v) is 4.06. The van der Waals surface area contributed by atoms with Crippen molar-refractivity contribution in [1.29, 1.82) is 0 Å². The monoisotopic (exact) mass is 356 g/mol. The van der Waals surface area contributed by atoms with Gasteiger partial charge in [0, 0.05) is 26.3 Å². The zero-order valence-corrected chi connectivity index (χ0v) is 16.2. The van der Waals surface area contributed by atoms with Crippen LogP contribution in [0.15, 0.2) is 41.4 Å². The first-order valence-electron chi connectivity index (χ1n) is 8.46. The van der Waals surface area contributed by atoms with Crippen LogP contribution in [0.2, 0.25) is 0 Å². The number of rotatable bonds is 7. The van der Waals surface area contributed by atoms with E-state index in [1.54, 1.807) is 14.2 Å². The molecule has 0 bridgehead atoms. The minimum atomic E-state index is 0.407. The molecule has 26 heavy (non-hydrogen) atoms. The van der Waals surface area contributed by atoms with Crippen LogP contribution in [-0.4, -0.2) is 34.3 Å². The van der Waals surface area contributed by atoms with E-state index >= 15 is 0 Å². The molecule has 0 aromatic heterocycles. The number of hydrogen-bond acceptors (Lipinski definition) is 4. The fourth-order valence-electron chi connectivity index (χ4n) is 2.64. The van der Waals surface area contributed by atoms with Crippen LogP contribution >= 0.6 is 0 Å². The van der Waals surface area contributed by atoms with E-state index in [4.69, 9.17) is 15.2 Å². The molecular formula is C20H28N4O2. The summed E-state index contributed by atoms with van der Waals surface area (Å²) in [6, 6.07) is 12.1. The molecule has 3 N–H and O–H groups in total. The van der Waals surface area contributed by atoms with E-state index in [-0.39, 0.29) is 0 Å². The predicted octanol–water partition coefficient (Wildman–Crippen LogP) is 2.68. The summed E-state index contributed by atoms with van der Waals surface area (Å²) in [5, 5.41) is 3.18. The van der Waals surface area contributed by atoms with Crippen LogP contribution in [0.1, 0.15) is 16.7 Å². The van der Waals surface area contributed by atoms with Crippen molar-refractivity contribution in [3.05, 3.63) is 53.1 Å². The lowest BCUT2D eigenvalue weighted by Gasteiger charge is -2.18. The Morgan fingerprint density at radius 2 is 1.81 bits per heavy atom. The van der Waals surface area contributed by atoms with Gasteiger partial charge in [0.05, 0.1) is 20.8 Å². The van der Waals surface area contributed by atoms with Crippen molar-refractivity contribution < 1.29 is 9.47 Å². The third-order valence-electron chi connectivity index (χ3n) is 4.06. The predicted molar refractivity (Wildman–Crippen MR) is 107 cm³/mol. The number of benzene rings is 2. The number of nitrogens with zero attached hydrogens (tertiary/aromatic N) is 2. The van der Waals surface area contributed by atoms with Crippen molar-refractivity contribution in [3.63, 3.8) is 0 Å². The number of anilines is 1. The van der Waals surface area contributed by atoms with Crippen LogP contribution < -0.4 is 25.4 Å². The van der Waals surface area contributed by atoms with Crippen molar-refractivity contribution in [2.75, 3.05) is 33.2 Å². The normalized spacial score (nSPS) is 11.2. The van der Waals surface area contributed by atoms with Crippen LogP contribution in [0, 0.1) is 6.92 Å². The van der Waals surface area contributed by atoms with E-state index in [1.807, 2.05) is 32.3 Å². The van der Waals surface area contributed by atoms with Crippen LogP contribution in [0.4, 0.5) is 5.69 Å². The maximum atomic E-state index is 6.02. The number of aliphatic imine (C=N–C) groups is 1. The molecule has 0 spiro atoms. The minimum Gasteiger partial charge on any atom is -0.493 e. The van der Waals surface area contributed by atoms with Gasteiger partial charge in [-0.3, -0.25) is 0 Å². The summed E-state index contributed by atoms with van der Waals surface area (Å²) in [6.45, 7) is 3.17. The van der Waals surface area contributed by atoms with Crippen molar-refractivity contribution >= 4 is 11.6 Å². The molecule has 0 radical (unpaired) electrons. The Bertz CT molecular complexity index is 772. The van der Waals surface area contributed by atoms with Crippen LogP contribution in [0.3, 0.4) is 0 Å². The number of ether oxygens (including phenoxy) is 2. The molecule has 6 heteroatoms. The second-order valence-electron chi connectivity index (χ2n) is 6.27. The highest BCUT2D eigenvalue weighted by Gasteiger charge is 2.06. The minimum absolute atomic E-state index is 0.407. The molecule has 6 nitrogen and oxygen atoms in total. The number of nitrogens with two attached hydrogens (primary N) is 1. The lowest BCUT2D eigenvalue weighted by molar-refractivity contribution is 0.354. The van der Waals surface area contributed by atoms with Crippen molar-refractivity contribution in [1.82, 2.24) is 5.32 Å². The Hall–Kier alpha value is -2.89. The van der Waals surface area contributed by atoms with Gasteiger partial charge in [-0.05, 0) is 41.8 Å². The maximum Gasteiger partial charge on any atom is 0.189 e. The molecule has 0 aliphatic rings. The Morgan fingerprint density at radius 1 is 1.08 bits per heavy atom. The fraction of sp³-hybridized carbons (Fsp3) is 0.350. The number of hydrogen-bond donors (Lipinski definition) is 2. The molecule has 0 heterocycles. The number of aryl methyl sites for hydroxylation is 1. The Morgan fingerprint density at radius 3 is 2.46 bits per heavy atom. The molecule has 2 rings (SSSR count). The SMILES string of the molecule is COc1ccc(CN=C(N)NCc2ccc(C)cc2N(C)C)cc1OC. The van der Waals surface area contributed by atoms with Gasteiger partial charge in [-0.2, -0.15) is 0 Å². The van der Waals surface area contributed by atoms with Gasteiger partial charge in [0.1, 0.15) is 0 Å². The Balaban J connectivity index is 2.01. The van der Waals surface area contributed by atoms with E-state index in [0.717, 1.165) is 5.56 Å². The highest BCUT2D eigenvalue weighted by Crippen LogP contribution is 2.27. The molecule has 0 atom stereocenters. The van der Waals surface area contributed by atoms with Gasteiger partial charge in [0.2, 0.25) is 0 Å². The van der Waals surface area contributed by atoms with Gasteiger partial charge in [-0.15, -0.1) is 0 Å². The molecule has 0 saturated heterocycles. The van der Waals surface area contributed by atoms with Crippen molar-refractivity contribution in [2.45, 2.75) is 20.0 Å².